The Morgan fingerprint density at radius 1 is 1.35 bits per heavy atom. The number of carboxylic acids is 1. The Kier molecular flexibility index (Phi) is 5.66. The van der Waals surface area contributed by atoms with Gasteiger partial charge in [-0.1, -0.05) is 30.3 Å². The molecular formula is C13H19NO3. The molecule has 0 aliphatic heterocycles. The lowest BCUT2D eigenvalue weighted by Gasteiger charge is -2.16. The summed E-state index contributed by atoms with van der Waals surface area (Å²) in [5.74, 6) is -0.790. The van der Waals surface area contributed by atoms with Crippen LogP contribution in [-0.4, -0.2) is 28.8 Å². The van der Waals surface area contributed by atoms with Crippen molar-refractivity contribution in [1.29, 1.82) is 0 Å². The summed E-state index contributed by atoms with van der Waals surface area (Å²) in [6.45, 7) is 2.35. The van der Waals surface area contributed by atoms with E-state index in [1.54, 1.807) is 0 Å². The molecule has 2 atom stereocenters. The molecule has 0 saturated carbocycles. The van der Waals surface area contributed by atoms with Gasteiger partial charge in [0.25, 0.3) is 0 Å². The average Bonchev–Trinajstić information content (AvgIpc) is 2.34. The number of rotatable bonds is 7. The van der Waals surface area contributed by atoms with E-state index in [2.05, 4.69) is 5.32 Å². The Morgan fingerprint density at radius 2 is 2.00 bits per heavy atom. The Morgan fingerprint density at radius 3 is 2.59 bits per heavy atom. The lowest BCUT2D eigenvalue weighted by Crippen LogP contribution is -2.30. The fraction of sp³-hybridized carbons (Fsp3) is 0.462. The van der Waals surface area contributed by atoms with Crippen molar-refractivity contribution >= 4 is 5.97 Å². The van der Waals surface area contributed by atoms with Crippen LogP contribution >= 0.6 is 0 Å². The lowest BCUT2D eigenvalue weighted by atomic mass is 10.1. The van der Waals surface area contributed by atoms with Crippen LogP contribution < -0.4 is 5.32 Å². The van der Waals surface area contributed by atoms with Crippen molar-refractivity contribution in [1.82, 2.24) is 5.32 Å². The summed E-state index contributed by atoms with van der Waals surface area (Å²) in [5.41, 5.74) is 0.866. The van der Waals surface area contributed by atoms with Crippen LogP contribution in [0.25, 0.3) is 0 Å². The Bertz CT molecular complexity index is 340. The Balaban J connectivity index is 2.28. The Labute approximate surface area is 101 Å². The van der Waals surface area contributed by atoms with Gasteiger partial charge in [-0.05, 0) is 18.9 Å². The third-order valence-corrected chi connectivity index (χ3v) is 2.64. The van der Waals surface area contributed by atoms with Gasteiger partial charge < -0.3 is 15.5 Å². The zero-order valence-electron chi connectivity index (χ0n) is 9.97. The summed E-state index contributed by atoms with van der Waals surface area (Å²) >= 11 is 0. The van der Waals surface area contributed by atoms with Gasteiger partial charge in [-0.3, -0.25) is 4.79 Å². The van der Waals surface area contributed by atoms with Crippen molar-refractivity contribution in [2.75, 3.05) is 6.54 Å². The number of hydrogen-bond acceptors (Lipinski definition) is 3. The molecule has 1 aromatic rings. The van der Waals surface area contributed by atoms with E-state index in [9.17, 15) is 9.90 Å². The molecule has 2 unspecified atom stereocenters. The molecule has 4 heteroatoms. The molecule has 0 amide bonds. The van der Waals surface area contributed by atoms with Crippen LogP contribution in [0.1, 0.15) is 31.4 Å². The highest BCUT2D eigenvalue weighted by Crippen LogP contribution is 2.11. The topological polar surface area (TPSA) is 69.6 Å². The highest BCUT2D eigenvalue weighted by molar-refractivity contribution is 5.66. The van der Waals surface area contributed by atoms with Gasteiger partial charge in [-0.2, -0.15) is 0 Å². The summed E-state index contributed by atoms with van der Waals surface area (Å²) in [6.07, 6.45) is 0.162. The van der Waals surface area contributed by atoms with Crippen molar-refractivity contribution < 1.29 is 15.0 Å². The minimum atomic E-state index is -0.790. The van der Waals surface area contributed by atoms with Crippen LogP contribution in [0.5, 0.6) is 0 Å². The second-order valence-electron chi connectivity index (χ2n) is 4.17. The summed E-state index contributed by atoms with van der Waals surface area (Å²) in [4.78, 5) is 10.4. The van der Waals surface area contributed by atoms with Crippen LogP contribution in [-0.2, 0) is 4.79 Å². The minimum Gasteiger partial charge on any atom is -0.481 e. The van der Waals surface area contributed by atoms with Gasteiger partial charge in [-0.25, -0.2) is 0 Å². The second kappa shape index (κ2) is 7.04. The van der Waals surface area contributed by atoms with Crippen molar-refractivity contribution in [3.05, 3.63) is 35.9 Å². The highest BCUT2D eigenvalue weighted by Gasteiger charge is 2.09. The van der Waals surface area contributed by atoms with Crippen LogP contribution in [0.15, 0.2) is 30.3 Å². The third kappa shape index (κ3) is 5.47. The number of carboxylic acid groups (broad SMARTS) is 1. The average molecular weight is 237 g/mol. The van der Waals surface area contributed by atoms with Gasteiger partial charge in [0, 0.05) is 19.0 Å². The zero-order valence-corrected chi connectivity index (χ0v) is 9.97. The number of benzene rings is 1. The fourth-order valence-corrected chi connectivity index (χ4v) is 1.55. The molecule has 0 aliphatic carbocycles. The Hall–Kier alpha value is -1.39. The fourth-order valence-electron chi connectivity index (χ4n) is 1.55. The number of nitrogens with one attached hydrogen (secondary N) is 1. The highest BCUT2D eigenvalue weighted by atomic mass is 16.4. The van der Waals surface area contributed by atoms with E-state index in [1.807, 2.05) is 37.3 Å². The van der Waals surface area contributed by atoms with Crippen molar-refractivity contribution in [2.24, 2.45) is 0 Å². The molecule has 0 aromatic heterocycles. The number of aliphatic hydroxyl groups is 1. The molecule has 0 fully saturated rings. The second-order valence-corrected chi connectivity index (χ2v) is 4.17. The molecule has 17 heavy (non-hydrogen) atoms. The van der Waals surface area contributed by atoms with Crippen LogP contribution in [0.2, 0.25) is 0 Å². The van der Waals surface area contributed by atoms with Crippen molar-refractivity contribution in [2.45, 2.75) is 31.9 Å². The maximum absolute atomic E-state index is 10.4. The quantitative estimate of drug-likeness (QED) is 0.673. The number of carbonyl (C=O) groups is 1. The first kappa shape index (κ1) is 13.7. The maximum atomic E-state index is 10.4. The molecule has 94 valence electrons. The van der Waals surface area contributed by atoms with Gasteiger partial charge in [0.15, 0.2) is 0 Å². The van der Waals surface area contributed by atoms with E-state index in [1.165, 1.54) is 0 Å². The van der Waals surface area contributed by atoms with Crippen molar-refractivity contribution in [3.8, 4) is 0 Å². The molecule has 1 rings (SSSR count). The summed E-state index contributed by atoms with van der Waals surface area (Å²) in [6, 6.07) is 9.49. The first-order valence-corrected chi connectivity index (χ1v) is 5.77. The van der Waals surface area contributed by atoms with Gasteiger partial charge >= 0.3 is 5.97 Å². The maximum Gasteiger partial charge on any atom is 0.303 e. The number of aliphatic hydroxyl groups excluding tert-OH is 1. The van der Waals surface area contributed by atoms with Crippen LogP contribution in [0.4, 0.5) is 0 Å². The van der Waals surface area contributed by atoms with E-state index in [0.29, 0.717) is 13.0 Å². The van der Waals surface area contributed by atoms with E-state index in [4.69, 9.17) is 5.11 Å². The van der Waals surface area contributed by atoms with Crippen molar-refractivity contribution in [3.63, 3.8) is 0 Å². The normalized spacial score (nSPS) is 14.2. The molecule has 1 aromatic carbocycles. The molecule has 0 spiro atoms. The molecule has 3 N–H and O–H groups in total. The lowest BCUT2D eigenvalue weighted by molar-refractivity contribution is -0.137. The predicted molar refractivity (Wildman–Crippen MR) is 65.7 cm³/mol. The van der Waals surface area contributed by atoms with Crippen LogP contribution in [0, 0.1) is 0 Å². The summed E-state index contributed by atoms with van der Waals surface area (Å²) in [5, 5.41) is 21.5. The van der Waals surface area contributed by atoms with Gasteiger partial charge in [0.2, 0.25) is 0 Å². The molecule has 0 radical (unpaired) electrons. The van der Waals surface area contributed by atoms with E-state index in [-0.39, 0.29) is 12.5 Å². The standard InChI is InChI=1S/C13H19NO3/c1-10(7-8-13(16)17)14-9-12(15)11-5-3-2-4-6-11/h2-6,10,12,14-15H,7-9H2,1H3,(H,16,17). The van der Waals surface area contributed by atoms with E-state index < -0.39 is 12.1 Å². The molecule has 0 aliphatic rings. The van der Waals surface area contributed by atoms with Gasteiger partial charge in [0.05, 0.1) is 6.10 Å². The minimum absolute atomic E-state index is 0.0875. The van der Waals surface area contributed by atoms with Gasteiger partial charge in [0.1, 0.15) is 0 Å². The first-order chi connectivity index (χ1) is 8.09. The summed E-state index contributed by atoms with van der Waals surface area (Å²) < 4.78 is 0. The van der Waals surface area contributed by atoms with Crippen LogP contribution in [0.3, 0.4) is 0 Å². The largest absolute Gasteiger partial charge is 0.481 e. The monoisotopic (exact) mass is 237 g/mol. The molecule has 4 nitrogen and oxygen atoms in total. The third-order valence-electron chi connectivity index (χ3n) is 2.64. The van der Waals surface area contributed by atoms with E-state index in [0.717, 1.165) is 5.56 Å². The zero-order chi connectivity index (χ0) is 12.7. The first-order valence-electron chi connectivity index (χ1n) is 5.77. The van der Waals surface area contributed by atoms with E-state index >= 15 is 0 Å². The summed E-state index contributed by atoms with van der Waals surface area (Å²) in [7, 11) is 0. The van der Waals surface area contributed by atoms with Gasteiger partial charge in [-0.15, -0.1) is 0 Å². The number of aliphatic carboxylic acids is 1. The molecule has 0 bridgehead atoms. The molecular weight excluding hydrogens is 218 g/mol. The molecule has 0 heterocycles. The SMILES string of the molecule is CC(CCC(=O)O)NCC(O)c1ccccc1. The molecule has 0 saturated heterocycles. The smallest absolute Gasteiger partial charge is 0.303 e. The predicted octanol–water partition coefficient (Wildman–Crippen LogP) is 1.56. The number of hydrogen-bond donors (Lipinski definition) is 3.